The molecule has 0 aliphatic carbocycles. The fraction of sp³-hybridized carbons (Fsp3) is 0.522. The highest BCUT2D eigenvalue weighted by Crippen LogP contribution is 2.40. The first kappa shape index (κ1) is 36.5. The Balaban J connectivity index is 0.000000188. The van der Waals surface area contributed by atoms with Gasteiger partial charge < -0.3 is 59.0 Å². The third-order valence-corrected chi connectivity index (χ3v) is 8.46. The number of phosphoric ester groups is 2. The molecule has 4 aromatic rings. The number of phosphoric acid groups is 2. The van der Waals surface area contributed by atoms with Crippen molar-refractivity contribution in [3.8, 4) is 0 Å². The molecule has 264 valence electrons. The predicted molar refractivity (Wildman–Crippen MR) is 158 cm³/mol. The molecule has 2 fully saturated rings. The highest BCUT2D eigenvalue weighted by molar-refractivity contribution is 7.46. The van der Waals surface area contributed by atoms with Gasteiger partial charge in [0.2, 0.25) is 0 Å². The molecule has 2 aliphatic heterocycles. The molecule has 2 aliphatic rings. The lowest BCUT2D eigenvalue weighted by atomic mass is 10.1. The zero-order chi connectivity index (χ0) is 35.3. The van der Waals surface area contributed by atoms with E-state index in [0.29, 0.717) is 22.8 Å². The summed E-state index contributed by atoms with van der Waals surface area (Å²) >= 11 is 5.99. The third kappa shape index (κ3) is 7.83. The summed E-state index contributed by atoms with van der Waals surface area (Å²) in [5.41, 5.74) is 0.484. The summed E-state index contributed by atoms with van der Waals surface area (Å²) in [5, 5.41) is 40.8. The molecule has 6 rings (SSSR count). The molecule has 2 saturated heterocycles. The van der Waals surface area contributed by atoms with Gasteiger partial charge in [-0.05, 0) is 19.9 Å². The van der Waals surface area contributed by atoms with Crippen molar-refractivity contribution in [3.05, 3.63) is 45.7 Å². The van der Waals surface area contributed by atoms with Crippen LogP contribution in [0, 0.1) is 13.8 Å². The third-order valence-electron chi connectivity index (χ3n) is 7.23. The Kier molecular flexibility index (Phi) is 10.5. The topological polar surface area (TPSA) is 327 Å². The van der Waals surface area contributed by atoms with E-state index >= 15 is 0 Å². The van der Waals surface area contributed by atoms with Gasteiger partial charge in [-0.1, -0.05) is 11.6 Å². The second kappa shape index (κ2) is 13.9. The molecule has 0 bridgehead atoms. The smallest absolute Gasteiger partial charge is 0.387 e. The molecule has 6 heterocycles. The molecule has 0 amide bonds. The van der Waals surface area contributed by atoms with Crippen LogP contribution in [-0.4, -0.2) is 124 Å². The number of halogens is 1. The van der Waals surface area contributed by atoms with Gasteiger partial charge in [0.05, 0.1) is 24.9 Å². The number of hydrogen-bond donors (Lipinski definition) is 9. The van der Waals surface area contributed by atoms with E-state index in [2.05, 4.69) is 34.0 Å². The van der Waals surface area contributed by atoms with Crippen molar-refractivity contribution in [2.24, 2.45) is 0 Å². The van der Waals surface area contributed by atoms with Gasteiger partial charge in [0.1, 0.15) is 59.4 Å². The normalized spacial score (nSPS) is 27.9. The minimum Gasteiger partial charge on any atom is -0.387 e. The van der Waals surface area contributed by atoms with Gasteiger partial charge in [-0.3, -0.25) is 18.4 Å². The molecule has 0 saturated carbocycles. The summed E-state index contributed by atoms with van der Waals surface area (Å²) in [6.07, 6.45) is -7.31. The van der Waals surface area contributed by atoms with Gasteiger partial charge in [-0.15, -0.1) is 0 Å². The fourth-order valence-electron chi connectivity index (χ4n) is 5.06. The molecule has 9 N–H and O–H groups in total. The van der Waals surface area contributed by atoms with Crippen molar-refractivity contribution in [2.75, 3.05) is 13.2 Å². The molecule has 0 unspecified atom stereocenters. The second-order valence-electron chi connectivity index (χ2n) is 10.7. The Labute approximate surface area is 273 Å². The number of aromatic nitrogens is 7. The van der Waals surface area contributed by atoms with Crippen molar-refractivity contribution >= 4 is 49.4 Å². The van der Waals surface area contributed by atoms with Crippen LogP contribution in [0.1, 0.15) is 24.1 Å². The van der Waals surface area contributed by atoms with Crippen LogP contribution in [0.25, 0.3) is 22.2 Å². The summed E-state index contributed by atoms with van der Waals surface area (Å²) in [7, 11) is -9.46. The molecular formula is C23H30ClN7O15P2. The second-order valence-corrected chi connectivity index (χ2v) is 13.5. The van der Waals surface area contributed by atoms with Gasteiger partial charge in [-0.2, -0.15) is 0 Å². The molecule has 25 heteroatoms. The van der Waals surface area contributed by atoms with Crippen molar-refractivity contribution in [2.45, 2.75) is 62.9 Å². The first-order valence-corrected chi connectivity index (χ1v) is 17.2. The van der Waals surface area contributed by atoms with Crippen LogP contribution in [0.2, 0.25) is 5.15 Å². The summed E-state index contributed by atoms with van der Waals surface area (Å²) in [6.45, 7) is 2.02. The Morgan fingerprint density at radius 2 is 1.40 bits per heavy atom. The Hall–Kier alpha value is -2.76. The lowest BCUT2D eigenvalue weighted by molar-refractivity contribution is -0.0504. The SMILES string of the molecule is Cc1nc(Cl)c2ncn([C@@H]3O[C@H](COP(=O)(O)O)[C@@H](O)[C@H]3O)c2n1.Cc1nc2c(ccn2[C@@H]2O[C@H](COP(=O)(O)O)[C@@H](O)[C@H]2O)c(=O)[nH]1. The number of aliphatic hydroxyl groups is 4. The fourth-order valence-corrected chi connectivity index (χ4v) is 6.00. The minimum absolute atomic E-state index is 0.130. The zero-order valence-electron chi connectivity index (χ0n) is 24.7. The van der Waals surface area contributed by atoms with Gasteiger partial charge in [0, 0.05) is 6.20 Å². The van der Waals surface area contributed by atoms with Gasteiger partial charge in [0.15, 0.2) is 23.3 Å². The summed E-state index contributed by atoms with van der Waals surface area (Å²) < 4.78 is 43.8. The van der Waals surface area contributed by atoms with Crippen LogP contribution >= 0.6 is 27.2 Å². The molecule has 22 nitrogen and oxygen atoms in total. The predicted octanol–water partition coefficient (Wildman–Crippen LogP) is -1.72. The lowest BCUT2D eigenvalue weighted by Crippen LogP contribution is -2.33. The van der Waals surface area contributed by atoms with Crippen LogP contribution in [0.15, 0.2) is 23.4 Å². The first-order valence-electron chi connectivity index (χ1n) is 13.7. The summed E-state index contributed by atoms with van der Waals surface area (Å²) in [4.78, 5) is 65.7. The summed E-state index contributed by atoms with van der Waals surface area (Å²) in [6, 6.07) is 1.49. The first-order chi connectivity index (χ1) is 22.3. The maximum atomic E-state index is 11.9. The number of aromatic amines is 1. The highest BCUT2D eigenvalue weighted by atomic mass is 35.5. The maximum absolute atomic E-state index is 11.9. The van der Waals surface area contributed by atoms with Gasteiger partial charge in [-0.25, -0.2) is 29.1 Å². The van der Waals surface area contributed by atoms with Crippen LogP contribution < -0.4 is 5.56 Å². The van der Waals surface area contributed by atoms with Crippen LogP contribution in [0.3, 0.4) is 0 Å². The average molecular weight is 742 g/mol. The number of ether oxygens (including phenoxy) is 2. The van der Waals surface area contributed by atoms with Crippen molar-refractivity contribution < 1.29 is 67.7 Å². The van der Waals surface area contributed by atoms with E-state index in [1.165, 1.54) is 27.7 Å². The van der Waals surface area contributed by atoms with Crippen LogP contribution in [0.4, 0.5) is 0 Å². The van der Waals surface area contributed by atoms with E-state index in [1.54, 1.807) is 13.8 Å². The van der Waals surface area contributed by atoms with Crippen molar-refractivity contribution in [1.82, 2.24) is 34.1 Å². The van der Waals surface area contributed by atoms with E-state index in [1.807, 2.05) is 0 Å². The minimum atomic E-state index is -4.73. The highest BCUT2D eigenvalue weighted by Gasteiger charge is 2.46. The quantitative estimate of drug-likeness (QED) is 0.0716. The van der Waals surface area contributed by atoms with E-state index in [-0.39, 0.29) is 21.7 Å². The average Bonchev–Trinajstić information content (AvgIpc) is 3.72. The van der Waals surface area contributed by atoms with E-state index in [9.17, 15) is 34.4 Å². The molecule has 8 atom stereocenters. The van der Waals surface area contributed by atoms with E-state index < -0.39 is 77.9 Å². The molecule has 0 spiro atoms. The number of H-pyrrole nitrogens is 1. The van der Waals surface area contributed by atoms with E-state index in [0.717, 1.165) is 0 Å². The largest absolute Gasteiger partial charge is 0.469 e. The van der Waals surface area contributed by atoms with Gasteiger partial charge in [0.25, 0.3) is 5.56 Å². The Morgan fingerprint density at radius 1 is 0.854 bits per heavy atom. The zero-order valence-corrected chi connectivity index (χ0v) is 27.2. The number of imidazole rings is 1. The lowest BCUT2D eigenvalue weighted by Gasteiger charge is -2.17. The van der Waals surface area contributed by atoms with Crippen LogP contribution in [-0.2, 0) is 27.7 Å². The van der Waals surface area contributed by atoms with Crippen molar-refractivity contribution in [3.63, 3.8) is 0 Å². The summed E-state index contributed by atoms with van der Waals surface area (Å²) in [5.74, 6) is 0.741. The molecule has 48 heavy (non-hydrogen) atoms. The Bertz CT molecular complexity index is 1950. The number of hydrogen-bond acceptors (Lipinski definition) is 15. The number of fused-ring (bicyclic) bond motifs is 2. The molecule has 0 radical (unpaired) electrons. The maximum Gasteiger partial charge on any atom is 0.469 e. The number of rotatable bonds is 8. The molecule has 4 aromatic heterocycles. The Morgan fingerprint density at radius 3 is 1.94 bits per heavy atom. The molecular weight excluding hydrogens is 712 g/mol. The van der Waals surface area contributed by atoms with Crippen molar-refractivity contribution in [1.29, 1.82) is 0 Å². The monoisotopic (exact) mass is 741 g/mol. The number of aliphatic hydroxyl groups excluding tert-OH is 4. The van der Waals surface area contributed by atoms with Gasteiger partial charge >= 0.3 is 15.6 Å². The standard InChI is InChI=1S/C12H16N3O8P.C11H14ClN4O7P/c1-5-13-10-6(11(18)14-5)2-3-15(10)12-9(17)8(16)7(23-12)4-22-24(19,20)21;1-4-14-9(12)6-10(15-4)16(3-13-6)11-8(18)7(17)5(23-11)2-22-24(19,20)21/h2-3,7-9,12,16-17H,4H2,1H3,(H,13,14,18)(H2,19,20,21);3,5,7-8,11,17-18H,2H2,1H3,(H2,19,20,21)/t7-,8-,9-,12-;5-,7-,8-,11-/m11/s1. The number of nitrogens with zero attached hydrogens (tertiary/aromatic N) is 6. The number of nitrogens with one attached hydrogen (secondary N) is 1. The van der Waals surface area contributed by atoms with E-state index in [4.69, 9.17) is 40.6 Å². The van der Waals surface area contributed by atoms with Crippen LogP contribution in [0.5, 0.6) is 0 Å². The molecule has 0 aromatic carbocycles. The number of aryl methyl sites for hydroxylation is 2.